The standard InChI is InChI=1S/C15H17N7O3S/c1-8-7-12(25-3)18-13(16-8)21-26(23,24)15-19-14-17-9(2)10-5-4-6-11(10)22(14)20-15/h7H,4-6H2,1-3H3,(H,16,18,21). The second-order valence-electron chi connectivity index (χ2n) is 6.06. The van der Waals surface area contributed by atoms with E-state index in [2.05, 4.69) is 29.8 Å². The minimum Gasteiger partial charge on any atom is -0.481 e. The summed E-state index contributed by atoms with van der Waals surface area (Å²) < 4.78 is 34.2. The van der Waals surface area contributed by atoms with Gasteiger partial charge in [-0.25, -0.2) is 14.7 Å². The fraction of sp³-hybridized carbons (Fsp3) is 0.400. The molecule has 0 spiro atoms. The maximum absolute atomic E-state index is 12.7. The predicted molar refractivity (Wildman–Crippen MR) is 91.7 cm³/mol. The molecule has 0 fully saturated rings. The van der Waals surface area contributed by atoms with E-state index in [-0.39, 0.29) is 22.8 Å². The van der Waals surface area contributed by atoms with Gasteiger partial charge in [-0.05, 0) is 38.7 Å². The molecule has 0 amide bonds. The minimum atomic E-state index is -4.06. The van der Waals surface area contributed by atoms with Gasteiger partial charge in [-0.1, -0.05) is 0 Å². The first-order valence-corrected chi connectivity index (χ1v) is 9.53. The quantitative estimate of drug-likeness (QED) is 0.711. The number of nitrogens with zero attached hydrogens (tertiary/aromatic N) is 6. The van der Waals surface area contributed by atoms with Gasteiger partial charge in [0.1, 0.15) is 0 Å². The lowest BCUT2D eigenvalue weighted by Crippen LogP contribution is -2.17. The van der Waals surface area contributed by atoms with Crippen LogP contribution in [0, 0.1) is 13.8 Å². The zero-order chi connectivity index (χ0) is 18.5. The van der Waals surface area contributed by atoms with Crippen molar-refractivity contribution in [3.8, 4) is 5.88 Å². The van der Waals surface area contributed by atoms with Gasteiger partial charge in [0, 0.05) is 17.5 Å². The van der Waals surface area contributed by atoms with Crippen molar-refractivity contribution < 1.29 is 13.2 Å². The van der Waals surface area contributed by atoms with Crippen LogP contribution in [0.1, 0.15) is 29.1 Å². The zero-order valence-corrected chi connectivity index (χ0v) is 15.3. The van der Waals surface area contributed by atoms with Gasteiger partial charge in [-0.15, -0.1) is 5.10 Å². The maximum Gasteiger partial charge on any atom is 0.301 e. The number of fused-ring (bicyclic) bond motifs is 3. The van der Waals surface area contributed by atoms with Gasteiger partial charge in [0.15, 0.2) is 0 Å². The summed E-state index contributed by atoms with van der Waals surface area (Å²) in [6.07, 6.45) is 2.74. The SMILES string of the molecule is COc1cc(C)nc(NS(=O)(=O)c2nc3nc(C)c4c(n3n2)CCC4)n1. The third-order valence-electron chi connectivity index (χ3n) is 4.23. The highest BCUT2D eigenvalue weighted by Crippen LogP contribution is 2.25. The Kier molecular flexibility index (Phi) is 3.75. The molecule has 0 atom stereocenters. The number of rotatable bonds is 4. The molecular weight excluding hydrogens is 358 g/mol. The van der Waals surface area contributed by atoms with Crippen molar-refractivity contribution >= 4 is 21.7 Å². The molecule has 3 aromatic heterocycles. The molecule has 4 rings (SSSR count). The lowest BCUT2D eigenvalue weighted by atomic mass is 10.2. The van der Waals surface area contributed by atoms with Crippen molar-refractivity contribution in [1.29, 1.82) is 0 Å². The predicted octanol–water partition coefficient (Wildman–Crippen LogP) is 0.829. The Labute approximate surface area is 149 Å². The number of aromatic nitrogens is 6. The molecule has 0 unspecified atom stereocenters. The topological polar surface area (TPSA) is 124 Å². The molecule has 26 heavy (non-hydrogen) atoms. The minimum absolute atomic E-state index is 0.102. The normalized spacial score (nSPS) is 13.8. The van der Waals surface area contributed by atoms with E-state index < -0.39 is 10.0 Å². The van der Waals surface area contributed by atoms with Crippen LogP contribution in [-0.4, -0.2) is 45.1 Å². The molecule has 1 aliphatic carbocycles. The summed E-state index contributed by atoms with van der Waals surface area (Å²) in [5.41, 5.74) is 3.51. The highest BCUT2D eigenvalue weighted by Gasteiger charge is 2.26. The summed E-state index contributed by atoms with van der Waals surface area (Å²) >= 11 is 0. The fourth-order valence-electron chi connectivity index (χ4n) is 3.08. The maximum atomic E-state index is 12.7. The van der Waals surface area contributed by atoms with Crippen molar-refractivity contribution in [2.24, 2.45) is 0 Å². The van der Waals surface area contributed by atoms with Crippen LogP contribution in [-0.2, 0) is 22.9 Å². The molecule has 3 heterocycles. The smallest absolute Gasteiger partial charge is 0.301 e. The molecule has 0 saturated heterocycles. The average Bonchev–Trinajstić information content (AvgIpc) is 3.20. The monoisotopic (exact) mass is 375 g/mol. The van der Waals surface area contributed by atoms with Crippen LogP contribution in [0.5, 0.6) is 5.88 Å². The van der Waals surface area contributed by atoms with Gasteiger partial charge >= 0.3 is 10.0 Å². The van der Waals surface area contributed by atoms with Crippen molar-refractivity contribution in [3.05, 3.63) is 28.7 Å². The summed E-state index contributed by atoms with van der Waals surface area (Å²) in [4.78, 5) is 16.5. The largest absolute Gasteiger partial charge is 0.481 e. The van der Waals surface area contributed by atoms with E-state index in [1.54, 1.807) is 13.0 Å². The Balaban J connectivity index is 1.76. The number of methoxy groups -OCH3 is 1. The van der Waals surface area contributed by atoms with Crippen molar-refractivity contribution in [1.82, 2.24) is 29.5 Å². The van der Waals surface area contributed by atoms with E-state index >= 15 is 0 Å². The summed E-state index contributed by atoms with van der Waals surface area (Å²) in [6.45, 7) is 3.61. The molecule has 10 nitrogen and oxygen atoms in total. The number of sulfonamides is 1. The number of hydrogen-bond acceptors (Lipinski definition) is 8. The Morgan fingerprint density at radius 3 is 2.73 bits per heavy atom. The van der Waals surface area contributed by atoms with Gasteiger partial charge in [-0.2, -0.15) is 22.9 Å². The molecule has 3 aromatic rings. The van der Waals surface area contributed by atoms with E-state index in [0.29, 0.717) is 5.69 Å². The summed E-state index contributed by atoms with van der Waals surface area (Å²) in [6, 6.07) is 1.59. The van der Waals surface area contributed by atoms with Crippen LogP contribution in [0.25, 0.3) is 5.78 Å². The summed E-state index contributed by atoms with van der Waals surface area (Å²) in [5.74, 6) is 0.426. The number of anilines is 1. The van der Waals surface area contributed by atoms with Crippen LogP contribution in [0.2, 0.25) is 0 Å². The average molecular weight is 375 g/mol. The van der Waals surface area contributed by atoms with E-state index in [1.165, 1.54) is 11.6 Å². The number of nitrogens with one attached hydrogen (secondary N) is 1. The number of aryl methyl sites for hydroxylation is 3. The van der Waals surface area contributed by atoms with Gasteiger partial charge in [0.25, 0.3) is 10.9 Å². The van der Waals surface area contributed by atoms with Gasteiger partial charge in [0.05, 0.1) is 12.8 Å². The molecule has 0 saturated carbocycles. The first kappa shape index (κ1) is 16.6. The van der Waals surface area contributed by atoms with Crippen LogP contribution < -0.4 is 9.46 Å². The second-order valence-corrected chi connectivity index (χ2v) is 7.64. The molecule has 1 aliphatic rings. The highest BCUT2D eigenvalue weighted by atomic mass is 32.2. The Bertz CT molecular complexity index is 1120. The van der Waals surface area contributed by atoms with E-state index in [1.807, 2.05) is 6.92 Å². The Morgan fingerprint density at radius 1 is 1.15 bits per heavy atom. The van der Waals surface area contributed by atoms with Gasteiger partial charge in [0.2, 0.25) is 11.8 Å². The van der Waals surface area contributed by atoms with Crippen molar-refractivity contribution in [3.63, 3.8) is 0 Å². The lowest BCUT2D eigenvalue weighted by molar-refractivity contribution is 0.397. The van der Waals surface area contributed by atoms with E-state index in [9.17, 15) is 8.42 Å². The molecule has 11 heteroatoms. The van der Waals surface area contributed by atoms with Gasteiger partial charge in [-0.3, -0.25) is 0 Å². The molecule has 1 N–H and O–H groups in total. The number of ether oxygens (including phenoxy) is 1. The third-order valence-corrected chi connectivity index (χ3v) is 5.33. The molecule has 136 valence electrons. The molecule has 0 aromatic carbocycles. The van der Waals surface area contributed by atoms with Gasteiger partial charge < -0.3 is 4.74 Å². The van der Waals surface area contributed by atoms with Crippen LogP contribution in [0.15, 0.2) is 11.2 Å². The molecule has 0 bridgehead atoms. The summed E-state index contributed by atoms with van der Waals surface area (Å²) in [5, 5.41) is 3.80. The van der Waals surface area contributed by atoms with E-state index in [4.69, 9.17) is 4.74 Å². The van der Waals surface area contributed by atoms with Crippen LogP contribution in [0.3, 0.4) is 0 Å². The Morgan fingerprint density at radius 2 is 1.96 bits per heavy atom. The van der Waals surface area contributed by atoms with Crippen LogP contribution >= 0.6 is 0 Å². The second kappa shape index (κ2) is 5.87. The van der Waals surface area contributed by atoms with Crippen molar-refractivity contribution in [2.75, 3.05) is 11.8 Å². The molecular formula is C15H17N7O3S. The van der Waals surface area contributed by atoms with Crippen molar-refractivity contribution in [2.45, 2.75) is 38.3 Å². The van der Waals surface area contributed by atoms with E-state index in [0.717, 1.165) is 36.2 Å². The summed E-state index contributed by atoms with van der Waals surface area (Å²) in [7, 11) is -2.62. The van der Waals surface area contributed by atoms with Crippen LogP contribution in [0.4, 0.5) is 5.95 Å². The fourth-order valence-corrected chi connectivity index (χ4v) is 3.89. The first-order valence-electron chi connectivity index (χ1n) is 8.05. The number of hydrogen-bond donors (Lipinski definition) is 1. The Hall–Kier alpha value is -2.82. The lowest BCUT2D eigenvalue weighted by Gasteiger charge is -2.06. The molecule has 0 aliphatic heterocycles. The zero-order valence-electron chi connectivity index (χ0n) is 14.5. The highest BCUT2D eigenvalue weighted by molar-refractivity contribution is 7.92. The third kappa shape index (κ3) is 2.73. The molecule has 0 radical (unpaired) electrons. The first-order chi connectivity index (χ1) is 12.4.